The van der Waals surface area contributed by atoms with Crippen LogP contribution in [0.2, 0.25) is 0 Å². The standard InChI is InChI=1S/C5H11FO3P2/c1-2-8-4-3-5(7)9-11(6)10/h2-4,10H2,1H3. The van der Waals surface area contributed by atoms with E-state index in [1.807, 2.05) is 6.92 Å². The molecule has 0 rings (SSSR count). The van der Waals surface area contributed by atoms with Gasteiger partial charge in [-0.25, -0.2) is 0 Å². The second-order valence-electron chi connectivity index (χ2n) is 1.68. The van der Waals surface area contributed by atoms with E-state index in [0.717, 1.165) is 0 Å². The maximum atomic E-state index is 12.0. The van der Waals surface area contributed by atoms with E-state index in [-0.39, 0.29) is 6.42 Å². The van der Waals surface area contributed by atoms with E-state index in [4.69, 9.17) is 4.74 Å². The summed E-state index contributed by atoms with van der Waals surface area (Å²) >= 11 is 0. The molecule has 0 N–H and O–H groups in total. The van der Waals surface area contributed by atoms with Gasteiger partial charge in [-0.05, 0) is 15.9 Å². The molecule has 0 spiro atoms. The molecule has 0 saturated heterocycles. The molecular weight excluding hydrogens is 189 g/mol. The minimum Gasteiger partial charge on any atom is -0.410 e. The van der Waals surface area contributed by atoms with Crippen molar-refractivity contribution in [2.75, 3.05) is 13.2 Å². The Labute approximate surface area is 68.7 Å². The van der Waals surface area contributed by atoms with Crippen molar-refractivity contribution in [2.45, 2.75) is 13.3 Å². The van der Waals surface area contributed by atoms with Gasteiger partial charge in [0.15, 0.2) is 0 Å². The van der Waals surface area contributed by atoms with Crippen LogP contribution in [0.5, 0.6) is 0 Å². The van der Waals surface area contributed by atoms with E-state index < -0.39 is 14.1 Å². The fraction of sp³-hybridized carbons (Fsp3) is 0.800. The molecule has 3 nitrogen and oxygen atoms in total. The zero-order valence-electron chi connectivity index (χ0n) is 6.25. The molecule has 11 heavy (non-hydrogen) atoms. The molecule has 0 aromatic rings. The molecule has 0 saturated carbocycles. The van der Waals surface area contributed by atoms with Crippen molar-refractivity contribution in [3.05, 3.63) is 0 Å². The van der Waals surface area contributed by atoms with Gasteiger partial charge in [-0.15, -0.1) is 0 Å². The summed E-state index contributed by atoms with van der Waals surface area (Å²) in [7, 11) is -0.355. The van der Waals surface area contributed by atoms with Gasteiger partial charge in [0, 0.05) is 6.61 Å². The summed E-state index contributed by atoms with van der Waals surface area (Å²) in [4.78, 5) is 10.6. The van der Waals surface area contributed by atoms with E-state index in [1.165, 1.54) is 0 Å². The van der Waals surface area contributed by atoms with Crippen LogP contribution in [0, 0.1) is 0 Å². The zero-order chi connectivity index (χ0) is 8.69. The molecule has 0 bridgehead atoms. The SMILES string of the molecule is CCOCCC(=O)OP(F)P. The van der Waals surface area contributed by atoms with Gasteiger partial charge in [0.25, 0.3) is 8.15 Å². The van der Waals surface area contributed by atoms with E-state index in [0.29, 0.717) is 13.2 Å². The first kappa shape index (κ1) is 11.2. The Morgan fingerprint density at radius 3 is 2.82 bits per heavy atom. The Morgan fingerprint density at radius 2 is 2.36 bits per heavy atom. The lowest BCUT2D eigenvalue weighted by Gasteiger charge is -2.02. The Hall–Kier alpha value is 0.220. The topological polar surface area (TPSA) is 35.5 Å². The molecule has 6 heteroatoms. The normalized spacial score (nSPS) is 12.6. The number of carbonyl (C=O) groups excluding carboxylic acids is 1. The summed E-state index contributed by atoms with van der Waals surface area (Å²) in [5.41, 5.74) is 0. The first-order chi connectivity index (χ1) is 5.16. The second-order valence-corrected chi connectivity index (χ2v) is 3.63. The summed E-state index contributed by atoms with van der Waals surface area (Å²) < 4.78 is 21.1. The van der Waals surface area contributed by atoms with Crippen LogP contribution in [0.4, 0.5) is 4.20 Å². The molecule has 0 aliphatic heterocycles. The highest BCUT2D eigenvalue weighted by Gasteiger charge is 2.07. The minimum atomic E-state index is -2.15. The molecule has 2 atom stereocenters. The van der Waals surface area contributed by atoms with Gasteiger partial charge in [0.05, 0.1) is 13.0 Å². The number of rotatable bonds is 5. The van der Waals surface area contributed by atoms with Crippen molar-refractivity contribution in [3.63, 3.8) is 0 Å². The molecule has 2 unspecified atom stereocenters. The summed E-state index contributed by atoms with van der Waals surface area (Å²) in [6.07, 6.45) is 0.116. The summed E-state index contributed by atoms with van der Waals surface area (Å²) in [6, 6.07) is 0. The van der Waals surface area contributed by atoms with Crippen LogP contribution in [0.1, 0.15) is 13.3 Å². The molecule has 66 valence electrons. The van der Waals surface area contributed by atoms with E-state index in [1.54, 1.807) is 8.93 Å². The van der Waals surface area contributed by atoms with Crippen LogP contribution >= 0.6 is 17.1 Å². The van der Waals surface area contributed by atoms with Gasteiger partial charge in [-0.1, -0.05) is 0 Å². The maximum Gasteiger partial charge on any atom is 0.313 e. The Bertz CT molecular complexity index is 120. The first-order valence-electron chi connectivity index (χ1n) is 3.16. The number of carbonyl (C=O) groups is 1. The highest BCUT2D eigenvalue weighted by atomic mass is 32.0. The van der Waals surface area contributed by atoms with Gasteiger partial charge >= 0.3 is 5.97 Å². The lowest BCUT2D eigenvalue weighted by molar-refractivity contribution is -0.134. The quantitative estimate of drug-likeness (QED) is 0.503. The van der Waals surface area contributed by atoms with Crippen molar-refractivity contribution in [1.82, 2.24) is 0 Å². The monoisotopic (exact) mass is 200 g/mol. The second kappa shape index (κ2) is 6.90. The number of hydrogen-bond donors (Lipinski definition) is 0. The molecule has 0 heterocycles. The number of hydrogen-bond acceptors (Lipinski definition) is 3. The highest BCUT2D eigenvalue weighted by Crippen LogP contribution is 2.47. The molecule has 0 amide bonds. The number of halogens is 1. The summed E-state index contributed by atoms with van der Waals surface area (Å²) in [6.45, 7) is 2.67. The fourth-order valence-corrected chi connectivity index (χ4v) is 1.08. The predicted octanol–water partition coefficient (Wildman–Crippen LogP) is 2.03. The third-order valence-electron chi connectivity index (χ3n) is 0.844. The molecule has 0 aromatic heterocycles. The molecular formula is C5H11FO3P2. The largest absolute Gasteiger partial charge is 0.410 e. The molecule has 0 aliphatic rings. The van der Waals surface area contributed by atoms with Crippen molar-refractivity contribution >= 4 is 23.0 Å². The van der Waals surface area contributed by atoms with Crippen LogP contribution < -0.4 is 0 Å². The molecule has 0 fully saturated rings. The summed E-state index contributed by atoms with van der Waals surface area (Å²) in [5.74, 6) is -0.554. The lowest BCUT2D eigenvalue weighted by atomic mass is 10.5. The summed E-state index contributed by atoms with van der Waals surface area (Å²) in [5, 5.41) is 0. The Kier molecular flexibility index (Phi) is 7.04. The van der Waals surface area contributed by atoms with Gasteiger partial charge in [0.2, 0.25) is 0 Å². The third-order valence-corrected chi connectivity index (χ3v) is 1.54. The van der Waals surface area contributed by atoms with Gasteiger partial charge in [0.1, 0.15) is 0 Å². The molecule has 0 radical (unpaired) electrons. The van der Waals surface area contributed by atoms with Crippen LogP contribution in [-0.4, -0.2) is 19.2 Å². The van der Waals surface area contributed by atoms with Crippen LogP contribution in [0.3, 0.4) is 0 Å². The molecule has 0 aromatic carbocycles. The lowest BCUT2D eigenvalue weighted by Crippen LogP contribution is -2.04. The van der Waals surface area contributed by atoms with Crippen molar-refractivity contribution < 1.29 is 18.3 Å². The van der Waals surface area contributed by atoms with Crippen LogP contribution in [0.15, 0.2) is 0 Å². The maximum absolute atomic E-state index is 12.0. The minimum absolute atomic E-state index is 0.116. The number of ether oxygens (including phenoxy) is 1. The van der Waals surface area contributed by atoms with E-state index in [9.17, 15) is 8.99 Å². The average molecular weight is 200 g/mol. The average Bonchev–Trinajstić information content (AvgIpc) is 1.86. The van der Waals surface area contributed by atoms with Gasteiger partial charge in [-0.3, -0.25) is 4.79 Å². The fourth-order valence-electron chi connectivity index (χ4n) is 0.443. The Balaban J connectivity index is 3.23. The molecule has 0 aliphatic carbocycles. The Morgan fingerprint density at radius 1 is 1.73 bits per heavy atom. The van der Waals surface area contributed by atoms with Crippen LogP contribution in [0.25, 0.3) is 0 Å². The zero-order valence-corrected chi connectivity index (χ0v) is 8.30. The van der Waals surface area contributed by atoms with Gasteiger partial charge in [-0.2, -0.15) is 4.20 Å². The van der Waals surface area contributed by atoms with Crippen molar-refractivity contribution in [3.8, 4) is 0 Å². The van der Waals surface area contributed by atoms with Crippen LogP contribution in [-0.2, 0) is 14.1 Å². The van der Waals surface area contributed by atoms with Crippen molar-refractivity contribution in [1.29, 1.82) is 0 Å². The third kappa shape index (κ3) is 8.12. The predicted molar refractivity (Wildman–Crippen MR) is 44.9 cm³/mol. The van der Waals surface area contributed by atoms with Gasteiger partial charge < -0.3 is 9.26 Å². The van der Waals surface area contributed by atoms with E-state index in [2.05, 4.69) is 4.52 Å². The first-order valence-corrected chi connectivity index (χ1v) is 5.92. The smallest absolute Gasteiger partial charge is 0.313 e. The highest BCUT2D eigenvalue weighted by molar-refractivity contribution is 8.08. The van der Waals surface area contributed by atoms with Crippen molar-refractivity contribution in [2.24, 2.45) is 0 Å². The van der Waals surface area contributed by atoms with E-state index >= 15 is 0 Å².